The summed E-state index contributed by atoms with van der Waals surface area (Å²) in [7, 11) is 1.47. The molecule has 0 atom stereocenters. The molecule has 0 radical (unpaired) electrons. The van der Waals surface area contributed by atoms with E-state index in [1.54, 1.807) is 36.5 Å². The molecule has 5 nitrogen and oxygen atoms in total. The molecule has 0 fully saturated rings. The van der Waals surface area contributed by atoms with Crippen LogP contribution in [-0.2, 0) is 0 Å². The molecule has 0 spiro atoms. The maximum Gasteiger partial charge on any atom is 0.161 e. The quantitative estimate of drug-likeness (QED) is 0.641. The van der Waals surface area contributed by atoms with Crippen molar-refractivity contribution >= 4 is 11.5 Å². The Balaban J connectivity index is 2.13. The fourth-order valence-corrected chi connectivity index (χ4v) is 2.46. The number of nitrogens with zero attached hydrogens (tertiary/aromatic N) is 1. The first-order valence-electron chi connectivity index (χ1n) is 7.18. The van der Waals surface area contributed by atoms with Gasteiger partial charge >= 0.3 is 0 Å². The summed E-state index contributed by atoms with van der Waals surface area (Å²) >= 11 is 0. The highest BCUT2D eigenvalue weighted by Crippen LogP contribution is 2.35. The second-order valence-electron chi connectivity index (χ2n) is 5.28. The summed E-state index contributed by atoms with van der Waals surface area (Å²) in [5.74, 6) is 0.121. The number of nitrogens with two attached hydrogens (primary N) is 2. The number of aromatic nitrogens is 1. The first-order chi connectivity index (χ1) is 11.5. The van der Waals surface area contributed by atoms with Crippen LogP contribution in [0.5, 0.6) is 11.5 Å². The molecule has 0 aliphatic heterocycles. The average molecular weight is 325 g/mol. The zero-order valence-electron chi connectivity index (χ0n) is 13.0. The van der Waals surface area contributed by atoms with Gasteiger partial charge in [0, 0.05) is 28.6 Å². The number of aromatic hydroxyl groups is 1. The number of pyridine rings is 1. The SMILES string of the molecule is COc1cc(-c2cnc(N)c(-c3ccc(N)cc3F)c2)ccc1O. The summed E-state index contributed by atoms with van der Waals surface area (Å²) in [6.07, 6.45) is 1.58. The predicted octanol–water partition coefficient (Wildman–Crippen LogP) is 3.43. The summed E-state index contributed by atoms with van der Waals surface area (Å²) in [6, 6.07) is 11.1. The average Bonchev–Trinajstić information content (AvgIpc) is 2.56. The van der Waals surface area contributed by atoms with Gasteiger partial charge in [-0.05, 0) is 42.0 Å². The molecule has 24 heavy (non-hydrogen) atoms. The lowest BCUT2D eigenvalue weighted by Gasteiger charge is -2.11. The van der Waals surface area contributed by atoms with Crippen LogP contribution in [0.4, 0.5) is 15.9 Å². The van der Waals surface area contributed by atoms with E-state index in [4.69, 9.17) is 16.2 Å². The lowest BCUT2D eigenvalue weighted by Crippen LogP contribution is -1.97. The Morgan fingerprint density at radius 2 is 1.79 bits per heavy atom. The van der Waals surface area contributed by atoms with E-state index in [1.165, 1.54) is 19.2 Å². The number of phenols is 1. The summed E-state index contributed by atoms with van der Waals surface area (Å²) in [5, 5.41) is 9.70. The number of hydrogen-bond acceptors (Lipinski definition) is 5. The predicted molar refractivity (Wildman–Crippen MR) is 92.1 cm³/mol. The zero-order valence-corrected chi connectivity index (χ0v) is 13.0. The maximum atomic E-state index is 14.2. The van der Waals surface area contributed by atoms with Gasteiger partial charge in [-0.1, -0.05) is 6.07 Å². The number of methoxy groups -OCH3 is 1. The lowest BCUT2D eigenvalue weighted by atomic mass is 10.00. The number of benzene rings is 2. The molecule has 0 bridgehead atoms. The Labute approximate surface area is 138 Å². The molecule has 2 aromatic carbocycles. The molecular formula is C18H16FN3O2. The van der Waals surface area contributed by atoms with E-state index in [-0.39, 0.29) is 11.6 Å². The van der Waals surface area contributed by atoms with E-state index < -0.39 is 5.82 Å². The van der Waals surface area contributed by atoms with Crippen molar-refractivity contribution in [3.05, 3.63) is 54.5 Å². The van der Waals surface area contributed by atoms with Crippen LogP contribution >= 0.6 is 0 Å². The van der Waals surface area contributed by atoms with Gasteiger partial charge in [0.15, 0.2) is 11.5 Å². The van der Waals surface area contributed by atoms with Crippen LogP contribution in [0, 0.1) is 5.82 Å². The smallest absolute Gasteiger partial charge is 0.161 e. The number of anilines is 2. The topological polar surface area (TPSA) is 94.4 Å². The van der Waals surface area contributed by atoms with Crippen molar-refractivity contribution in [1.29, 1.82) is 0 Å². The standard InChI is InChI=1S/C18H16FN3O2/c1-24-17-7-10(2-5-16(17)23)11-6-14(18(21)22-9-11)13-4-3-12(20)8-15(13)19/h2-9,23H,20H2,1H3,(H2,21,22). The van der Waals surface area contributed by atoms with Crippen LogP contribution in [0.1, 0.15) is 0 Å². The van der Waals surface area contributed by atoms with Crippen molar-refractivity contribution in [3.63, 3.8) is 0 Å². The highest BCUT2D eigenvalue weighted by molar-refractivity contribution is 5.80. The van der Waals surface area contributed by atoms with E-state index in [0.717, 1.165) is 5.56 Å². The third kappa shape index (κ3) is 2.81. The fraction of sp³-hybridized carbons (Fsp3) is 0.0556. The second kappa shape index (κ2) is 6.08. The molecule has 1 heterocycles. The van der Waals surface area contributed by atoms with Crippen LogP contribution in [-0.4, -0.2) is 17.2 Å². The lowest BCUT2D eigenvalue weighted by molar-refractivity contribution is 0.373. The Hall–Kier alpha value is -3.28. The van der Waals surface area contributed by atoms with E-state index in [0.29, 0.717) is 28.1 Å². The Morgan fingerprint density at radius 3 is 2.50 bits per heavy atom. The highest BCUT2D eigenvalue weighted by atomic mass is 19.1. The monoisotopic (exact) mass is 325 g/mol. The van der Waals surface area contributed by atoms with Crippen LogP contribution in [0.2, 0.25) is 0 Å². The van der Waals surface area contributed by atoms with Gasteiger partial charge < -0.3 is 21.3 Å². The molecule has 0 saturated carbocycles. The molecule has 0 unspecified atom stereocenters. The molecule has 5 N–H and O–H groups in total. The van der Waals surface area contributed by atoms with Crippen LogP contribution in [0.3, 0.4) is 0 Å². The van der Waals surface area contributed by atoms with E-state index in [2.05, 4.69) is 4.98 Å². The highest BCUT2D eigenvalue weighted by Gasteiger charge is 2.12. The van der Waals surface area contributed by atoms with Gasteiger partial charge in [-0.3, -0.25) is 0 Å². The minimum Gasteiger partial charge on any atom is -0.504 e. The normalized spacial score (nSPS) is 10.6. The number of nitrogen functional groups attached to an aromatic ring is 2. The van der Waals surface area contributed by atoms with Gasteiger partial charge in [-0.25, -0.2) is 9.37 Å². The number of phenolic OH excluding ortho intramolecular Hbond substituents is 1. The third-order valence-electron chi connectivity index (χ3n) is 3.71. The van der Waals surface area contributed by atoms with Crippen molar-refractivity contribution in [2.45, 2.75) is 0 Å². The molecule has 122 valence electrons. The fourth-order valence-electron chi connectivity index (χ4n) is 2.46. The maximum absolute atomic E-state index is 14.2. The summed E-state index contributed by atoms with van der Waals surface area (Å²) in [6.45, 7) is 0. The first-order valence-corrected chi connectivity index (χ1v) is 7.18. The van der Waals surface area contributed by atoms with Gasteiger partial charge in [-0.2, -0.15) is 0 Å². The van der Waals surface area contributed by atoms with Gasteiger partial charge in [0.05, 0.1) is 7.11 Å². The van der Waals surface area contributed by atoms with Crippen molar-refractivity contribution in [3.8, 4) is 33.8 Å². The number of ether oxygens (including phenoxy) is 1. The molecular weight excluding hydrogens is 309 g/mol. The summed E-state index contributed by atoms with van der Waals surface area (Å²) < 4.78 is 19.3. The molecule has 0 amide bonds. The van der Waals surface area contributed by atoms with Crippen LogP contribution in [0.15, 0.2) is 48.7 Å². The molecule has 3 aromatic rings. The summed E-state index contributed by atoms with van der Waals surface area (Å²) in [4.78, 5) is 4.15. The van der Waals surface area contributed by atoms with Crippen molar-refractivity contribution in [2.75, 3.05) is 18.6 Å². The first kappa shape index (κ1) is 15.6. The Bertz CT molecular complexity index is 913. The Morgan fingerprint density at radius 1 is 1.00 bits per heavy atom. The second-order valence-corrected chi connectivity index (χ2v) is 5.28. The molecule has 0 aliphatic rings. The van der Waals surface area contributed by atoms with Crippen molar-refractivity contribution < 1.29 is 14.2 Å². The van der Waals surface area contributed by atoms with Crippen molar-refractivity contribution in [1.82, 2.24) is 4.98 Å². The molecule has 0 aliphatic carbocycles. The van der Waals surface area contributed by atoms with Gasteiger partial charge in [0.2, 0.25) is 0 Å². The van der Waals surface area contributed by atoms with Crippen molar-refractivity contribution in [2.24, 2.45) is 0 Å². The van der Waals surface area contributed by atoms with Gasteiger partial charge in [-0.15, -0.1) is 0 Å². The van der Waals surface area contributed by atoms with Crippen LogP contribution < -0.4 is 16.2 Å². The molecule has 3 rings (SSSR count). The van der Waals surface area contributed by atoms with Crippen LogP contribution in [0.25, 0.3) is 22.3 Å². The number of rotatable bonds is 3. The summed E-state index contributed by atoms with van der Waals surface area (Å²) in [5.41, 5.74) is 14.1. The Kier molecular flexibility index (Phi) is 3.95. The molecule has 0 saturated heterocycles. The van der Waals surface area contributed by atoms with E-state index >= 15 is 0 Å². The molecule has 6 heteroatoms. The largest absolute Gasteiger partial charge is 0.504 e. The van der Waals surface area contributed by atoms with E-state index in [1.807, 2.05) is 0 Å². The minimum absolute atomic E-state index is 0.0365. The van der Waals surface area contributed by atoms with Gasteiger partial charge in [0.1, 0.15) is 11.6 Å². The molecule has 1 aromatic heterocycles. The third-order valence-corrected chi connectivity index (χ3v) is 3.71. The minimum atomic E-state index is -0.469. The number of hydrogen-bond donors (Lipinski definition) is 3. The number of halogens is 1. The zero-order chi connectivity index (χ0) is 17.3. The van der Waals surface area contributed by atoms with Gasteiger partial charge in [0.25, 0.3) is 0 Å². The van der Waals surface area contributed by atoms with E-state index in [9.17, 15) is 9.50 Å².